The van der Waals surface area contributed by atoms with Crippen molar-refractivity contribution >= 4 is 11.6 Å². The van der Waals surface area contributed by atoms with Gasteiger partial charge in [0.15, 0.2) is 6.10 Å². The Morgan fingerprint density at radius 2 is 1.68 bits per heavy atom. The molecular weight excluding hydrogens is 318 g/mol. The van der Waals surface area contributed by atoms with E-state index in [4.69, 9.17) is 14.2 Å². The number of ether oxygens (including phenoxy) is 3. The predicted molar refractivity (Wildman–Crippen MR) is 98.2 cm³/mol. The van der Waals surface area contributed by atoms with E-state index in [-0.39, 0.29) is 5.91 Å². The van der Waals surface area contributed by atoms with Crippen LogP contribution in [0.15, 0.2) is 54.6 Å². The highest BCUT2D eigenvalue weighted by Crippen LogP contribution is 2.17. The highest BCUT2D eigenvalue weighted by atomic mass is 16.5. The second-order valence-corrected chi connectivity index (χ2v) is 5.39. The van der Waals surface area contributed by atoms with E-state index >= 15 is 0 Å². The number of carbonyl (C=O) groups excluding carboxylic acids is 1. The first-order valence-electron chi connectivity index (χ1n) is 8.56. The van der Waals surface area contributed by atoms with Gasteiger partial charge in [-0.1, -0.05) is 25.1 Å². The molecule has 0 spiro atoms. The Hall–Kier alpha value is -2.53. The summed E-state index contributed by atoms with van der Waals surface area (Å²) in [4.78, 5) is 12.4. The van der Waals surface area contributed by atoms with Gasteiger partial charge in [0, 0.05) is 12.3 Å². The van der Waals surface area contributed by atoms with Crippen LogP contribution in [0.25, 0.3) is 0 Å². The molecule has 0 aromatic heterocycles. The summed E-state index contributed by atoms with van der Waals surface area (Å²) in [6, 6.07) is 16.6. The highest BCUT2D eigenvalue weighted by molar-refractivity contribution is 5.94. The first-order chi connectivity index (χ1) is 12.2. The van der Waals surface area contributed by atoms with E-state index in [2.05, 4.69) is 5.32 Å². The monoisotopic (exact) mass is 343 g/mol. The van der Waals surface area contributed by atoms with Gasteiger partial charge in [0.25, 0.3) is 5.91 Å². The summed E-state index contributed by atoms with van der Waals surface area (Å²) in [6.07, 6.45) is 0.0452. The number of benzene rings is 2. The van der Waals surface area contributed by atoms with Crippen molar-refractivity contribution in [2.45, 2.75) is 26.4 Å². The number of rotatable bonds is 10. The lowest BCUT2D eigenvalue weighted by molar-refractivity contribution is -0.122. The molecule has 0 aliphatic rings. The van der Waals surface area contributed by atoms with Gasteiger partial charge in [-0.25, -0.2) is 0 Å². The zero-order chi connectivity index (χ0) is 17.9. The minimum Gasteiger partial charge on any atom is -0.491 e. The molecule has 1 amide bonds. The second-order valence-electron chi connectivity index (χ2n) is 5.39. The van der Waals surface area contributed by atoms with Gasteiger partial charge in [-0.05, 0) is 49.7 Å². The summed E-state index contributed by atoms with van der Waals surface area (Å²) >= 11 is 0. The third-order valence-corrected chi connectivity index (χ3v) is 3.51. The van der Waals surface area contributed by atoms with Gasteiger partial charge in [-0.15, -0.1) is 0 Å². The van der Waals surface area contributed by atoms with Crippen LogP contribution in [0.2, 0.25) is 0 Å². The van der Waals surface area contributed by atoms with E-state index in [0.29, 0.717) is 37.7 Å². The van der Waals surface area contributed by atoms with Crippen LogP contribution in [0.3, 0.4) is 0 Å². The molecule has 0 aliphatic heterocycles. The SMILES string of the molecule is CCOCCOc1ccc(NC(=O)C(CC)Oc2ccccc2)cc1. The fourth-order valence-corrected chi connectivity index (χ4v) is 2.21. The summed E-state index contributed by atoms with van der Waals surface area (Å²) < 4.78 is 16.5. The van der Waals surface area contributed by atoms with Gasteiger partial charge in [0.05, 0.1) is 6.61 Å². The molecule has 0 radical (unpaired) electrons. The molecular formula is C20H25NO4. The van der Waals surface area contributed by atoms with E-state index in [1.54, 1.807) is 0 Å². The van der Waals surface area contributed by atoms with Crippen molar-refractivity contribution < 1.29 is 19.0 Å². The molecule has 0 saturated heterocycles. The van der Waals surface area contributed by atoms with E-state index in [0.717, 1.165) is 5.75 Å². The summed E-state index contributed by atoms with van der Waals surface area (Å²) in [6.45, 7) is 5.61. The zero-order valence-electron chi connectivity index (χ0n) is 14.7. The number of anilines is 1. The molecule has 0 heterocycles. The molecule has 2 aromatic carbocycles. The molecule has 25 heavy (non-hydrogen) atoms. The van der Waals surface area contributed by atoms with Crippen LogP contribution in [0.5, 0.6) is 11.5 Å². The van der Waals surface area contributed by atoms with Crippen LogP contribution in [0, 0.1) is 0 Å². The molecule has 1 N–H and O–H groups in total. The van der Waals surface area contributed by atoms with Gasteiger partial charge in [0.1, 0.15) is 18.1 Å². The van der Waals surface area contributed by atoms with Gasteiger partial charge in [0.2, 0.25) is 0 Å². The predicted octanol–water partition coefficient (Wildman–Crippen LogP) is 3.90. The van der Waals surface area contributed by atoms with Crippen LogP contribution < -0.4 is 14.8 Å². The normalized spacial score (nSPS) is 11.6. The first kappa shape index (κ1) is 18.8. The number of hydrogen-bond donors (Lipinski definition) is 1. The van der Waals surface area contributed by atoms with Crippen molar-refractivity contribution in [3.8, 4) is 11.5 Å². The van der Waals surface area contributed by atoms with Crippen molar-refractivity contribution in [2.24, 2.45) is 0 Å². The van der Waals surface area contributed by atoms with E-state index in [9.17, 15) is 4.79 Å². The average Bonchev–Trinajstić information content (AvgIpc) is 2.65. The Morgan fingerprint density at radius 1 is 0.960 bits per heavy atom. The first-order valence-corrected chi connectivity index (χ1v) is 8.56. The minimum atomic E-state index is -0.537. The summed E-state index contributed by atoms with van der Waals surface area (Å²) in [5.74, 6) is 1.25. The third kappa shape index (κ3) is 6.47. The summed E-state index contributed by atoms with van der Waals surface area (Å²) in [5.41, 5.74) is 0.706. The Kier molecular flexibility index (Phi) is 7.79. The fraction of sp³-hybridized carbons (Fsp3) is 0.350. The number of hydrogen-bond acceptors (Lipinski definition) is 4. The topological polar surface area (TPSA) is 56.8 Å². The minimum absolute atomic E-state index is 0.170. The van der Waals surface area contributed by atoms with Crippen LogP contribution in [-0.4, -0.2) is 31.8 Å². The molecule has 1 unspecified atom stereocenters. The van der Waals surface area contributed by atoms with Crippen molar-refractivity contribution in [3.05, 3.63) is 54.6 Å². The van der Waals surface area contributed by atoms with Gasteiger partial charge in [-0.2, -0.15) is 0 Å². The highest BCUT2D eigenvalue weighted by Gasteiger charge is 2.18. The molecule has 0 saturated carbocycles. The van der Waals surface area contributed by atoms with Gasteiger partial charge in [-0.3, -0.25) is 4.79 Å². The number of carbonyl (C=O) groups is 1. The van der Waals surface area contributed by atoms with Crippen molar-refractivity contribution in [2.75, 3.05) is 25.1 Å². The Labute approximate surface area is 148 Å². The maximum atomic E-state index is 12.4. The summed E-state index contributed by atoms with van der Waals surface area (Å²) in [7, 11) is 0. The Bertz CT molecular complexity index is 628. The molecule has 1 atom stereocenters. The lowest BCUT2D eigenvalue weighted by atomic mass is 10.2. The van der Waals surface area contributed by atoms with Crippen molar-refractivity contribution in [1.82, 2.24) is 0 Å². The van der Waals surface area contributed by atoms with Crippen LogP contribution in [0.4, 0.5) is 5.69 Å². The maximum absolute atomic E-state index is 12.4. The largest absolute Gasteiger partial charge is 0.491 e. The van der Waals surface area contributed by atoms with Crippen molar-refractivity contribution in [3.63, 3.8) is 0 Å². The zero-order valence-corrected chi connectivity index (χ0v) is 14.7. The Morgan fingerprint density at radius 3 is 2.32 bits per heavy atom. The van der Waals surface area contributed by atoms with E-state index in [1.165, 1.54) is 0 Å². The van der Waals surface area contributed by atoms with Crippen LogP contribution in [0.1, 0.15) is 20.3 Å². The van der Waals surface area contributed by atoms with Crippen LogP contribution in [-0.2, 0) is 9.53 Å². The smallest absolute Gasteiger partial charge is 0.265 e. The molecule has 5 nitrogen and oxygen atoms in total. The van der Waals surface area contributed by atoms with E-state index in [1.807, 2.05) is 68.4 Å². The molecule has 5 heteroatoms. The molecule has 2 aromatic rings. The number of para-hydroxylation sites is 1. The molecule has 0 bridgehead atoms. The van der Waals surface area contributed by atoms with Crippen LogP contribution >= 0.6 is 0 Å². The van der Waals surface area contributed by atoms with E-state index < -0.39 is 6.10 Å². The molecule has 0 aliphatic carbocycles. The second kappa shape index (κ2) is 10.4. The lowest BCUT2D eigenvalue weighted by Crippen LogP contribution is -2.32. The molecule has 2 rings (SSSR count). The fourth-order valence-electron chi connectivity index (χ4n) is 2.21. The quantitative estimate of drug-likeness (QED) is 0.665. The lowest BCUT2D eigenvalue weighted by Gasteiger charge is -2.17. The standard InChI is InChI=1S/C20H25NO4/c1-3-19(25-18-8-6-5-7-9-18)20(22)21-16-10-12-17(13-11-16)24-15-14-23-4-2/h5-13,19H,3-4,14-15H2,1-2H3,(H,21,22). The summed E-state index contributed by atoms with van der Waals surface area (Å²) in [5, 5.41) is 2.87. The third-order valence-electron chi connectivity index (χ3n) is 3.51. The number of nitrogens with one attached hydrogen (secondary N) is 1. The van der Waals surface area contributed by atoms with Crippen molar-refractivity contribution in [1.29, 1.82) is 0 Å². The molecule has 134 valence electrons. The van der Waals surface area contributed by atoms with Gasteiger partial charge >= 0.3 is 0 Å². The van der Waals surface area contributed by atoms with Gasteiger partial charge < -0.3 is 19.5 Å². The molecule has 0 fully saturated rings. The average molecular weight is 343 g/mol. The maximum Gasteiger partial charge on any atom is 0.265 e. The Balaban J connectivity index is 1.86. The number of amides is 1.